The van der Waals surface area contributed by atoms with Gasteiger partial charge in [0.05, 0.1) is 11.0 Å². The SMILES string of the molecule is Cc1cccc(C)c1-c1cc2c3sc4ccc(C(C)(C)C)cc4c3cc3ccc4c(c1cc1c5cc(C(C)(C)C)ccc5n(-c5ccccc5)c14)c32. The molecule has 8 aromatic carbocycles. The minimum atomic E-state index is 0.0399. The predicted octanol–water partition coefficient (Wildman–Crippen LogP) is 14.9. The minimum Gasteiger partial charge on any atom is -0.309 e. The van der Waals surface area contributed by atoms with Gasteiger partial charge in [0.15, 0.2) is 0 Å². The Morgan fingerprint density at radius 3 is 1.90 bits per heavy atom. The van der Waals surface area contributed by atoms with Crippen molar-refractivity contribution in [1.29, 1.82) is 0 Å². The molecular formula is C50H43NS. The molecule has 2 heteroatoms. The van der Waals surface area contributed by atoms with Crippen molar-refractivity contribution in [3.05, 3.63) is 138 Å². The second-order valence-corrected chi connectivity index (χ2v) is 18.2. The van der Waals surface area contributed by atoms with Crippen LogP contribution in [0.1, 0.15) is 63.8 Å². The molecule has 0 spiro atoms. The fourth-order valence-electron chi connectivity index (χ4n) is 8.98. The minimum absolute atomic E-state index is 0.0399. The van der Waals surface area contributed by atoms with E-state index in [9.17, 15) is 0 Å². The van der Waals surface area contributed by atoms with Gasteiger partial charge < -0.3 is 4.57 Å². The summed E-state index contributed by atoms with van der Waals surface area (Å²) >= 11 is 1.95. The van der Waals surface area contributed by atoms with Crippen LogP contribution in [0.25, 0.3) is 91.1 Å². The Kier molecular flexibility index (Phi) is 6.48. The van der Waals surface area contributed by atoms with Gasteiger partial charge in [0.25, 0.3) is 0 Å². The van der Waals surface area contributed by atoms with Gasteiger partial charge in [-0.25, -0.2) is 0 Å². The third-order valence-electron chi connectivity index (χ3n) is 11.7. The van der Waals surface area contributed by atoms with Gasteiger partial charge >= 0.3 is 0 Å². The molecule has 2 heterocycles. The smallest absolute Gasteiger partial charge is 0.0620 e. The number of hydrogen-bond donors (Lipinski definition) is 0. The van der Waals surface area contributed by atoms with Crippen molar-refractivity contribution < 1.29 is 0 Å². The molecule has 0 saturated heterocycles. The quantitative estimate of drug-likeness (QED) is 0.159. The van der Waals surface area contributed by atoms with Gasteiger partial charge in [0.2, 0.25) is 0 Å². The molecular weight excluding hydrogens is 647 g/mol. The molecule has 0 bridgehead atoms. The van der Waals surface area contributed by atoms with Crippen molar-refractivity contribution in [3.8, 4) is 16.8 Å². The van der Waals surface area contributed by atoms with Crippen molar-refractivity contribution >= 4 is 85.6 Å². The molecule has 0 saturated carbocycles. The van der Waals surface area contributed by atoms with E-state index < -0.39 is 0 Å². The number of thiophene rings is 1. The lowest BCUT2D eigenvalue weighted by Gasteiger charge is -2.20. The fourth-order valence-corrected chi connectivity index (χ4v) is 10.2. The molecule has 0 radical (unpaired) electrons. The van der Waals surface area contributed by atoms with Crippen molar-refractivity contribution in [3.63, 3.8) is 0 Å². The zero-order chi connectivity index (χ0) is 35.8. The normalized spacial score (nSPS) is 13.0. The van der Waals surface area contributed by atoms with E-state index in [4.69, 9.17) is 0 Å². The molecule has 254 valence electrons. The largest absolute Gasteiger partial charge is 0.309 e. The third kappa shape index (κ3) is 4.40. The highest BCUT2D eigenvalue weighted by Crippen LogP contribution is 2.51. The molecule has 0 fully saturated rings. The Bertz CT molecular complexity index is 3060. The highest BCUT2D eigenvalue weighted by Gasteiger charge is 2.25. The number of aromatic nitrogens is 1. The number of fused-ring (bicyclic) bond motifs is 8. The second kappa shape index (κ2) is 10.7. The van der Waals surface area contributed by atoms with Gasteiger partial charge in [-0.05, 0) is 129 Å². The standard InChI is InChI=1S/C50H43NS/c1-28-13-12-14-29(2)44(28)37-27-41-45-30(23-40-36-25-32(50(6,7)8)19-22-43(36)52-48(40)41)17-20-34-46(45)38(37)26-39-35-24-31(49(3,4)5)18-21-42(35)51(47(34)39)33-15-10-9-11-16-33/h9-27H,1-8H3. The first-order chi connectivity index (χ1) is 24.9. The van der Waals surface area contributed by atoms with Crippen LogP contribution in [0, 0.1) is 13.8 Å². The summed E-state index contributed by atoms with van der Waals surface area (Å²) in [6.07, 6.45) is 0. The van der Waals surface area contributed by atoms with Gasteiger partial charge in [0.1, 0.15) is 0 Å². The van der Waals surface area contributed by atoms with Crippen LogP contribution in [0.5, 0.6) is 0 Å². The molecule has 10 rings (SSSR count). The summed E-state index contributed by atoms with van der Waals surface area (Å²) in [4.78, 5) is 0. The zero-order valence-electron chi connectivity index (χ0n) is 31.3. The lowest BCUT2D eigenvalue weighted by Crippen LogP contribution is -2.10. The molecule has 0 atom stereocenters. The van der Waals surface area contributed by atoms with Crippen molar-refractivity contribution in [1.82, 2.24) is 4.57 Å². The average molecular weight is 690 g/mol. The highest BCUT2D eigenvalue weighted by molar-refractivity contribution is 7.26. The number of benzene rings is 8. The average Bonchev–Trinajstić information content (AvgIpc) is 3.65. The van der Waals surface area contributed by atoms with Gasteiger partial charge in [-0.1, -0.05) is 102 Å². The summed E-state index contributed by atoms with van der Waals surface area (Å²) in [5.74, 6) is 0. The van der Waals surface area contributed by atoms with E-state index in [2.05, 4.69) is 175 Å². The van der Waals surface area contributed by atoms with E-state index in [1.165, 1.54) is 113 Å². The second-order valence-electron chi connectivity index (χ2n) is 17.1. The molecule has 52 heavy (non-hydrogen) atoms. The summed E-state index contributed by atoms with van der Waals surface area (Å²) in [7, 11) is 0. The van der Waals surface area contributed by atoms with Crippen LogP contribution in [0.3, 0.4) is 0 Å². The fraction of sp³-hybridized carbons (Fsp3) is 0.200. The Balaban J connectivity index is 1.46. The molecule has 2 aromatic heterocycles. The molecule has 0 N–H and O–H groups in total. The maximum Gasteiger partial charge on any atom is 0.0620 e. The van der Waals surface area contributed by atoms with Gasteiger partial charge in [-0.3, -0.25) is 0 Å². The molecule has 0 aliphatic carbocycles. The lowest BCUT2D eigenvalue weighted by molar-refractivity contribution is 0.591. The van der Waals surface area contributed by atoms with E-state index in [0.29, 0.717) is 0 Å². The maximum absolute atomic E-state index is 2.55. The van der Waals surface area contributed by atoms with Crippen LogP contribution in [-0.4, -0.2) is 4.57 Å². The Hall–Kier alpha value is -5.18. The Morgan fingerprint density at radius 2 is 1.19 bits per heavy atom. The molecule has 10 aromatic rings. The Labute approximate surface area is 309 Å². The van der Waals surface area contributed by atoms with Gasteiger partial charge in [-0.2, -0.15) is 0 Å². The summed E-state index contributed by atoms with van der Waals surface area (Å²) in [6.45, 7) is 18.4. The van der Waals surface area contributed by atoms with Crippen molar-refractivity contribution in [2.45, 2.75) is 66.2 Å². The molecule has 0 aliphatic heterocycles. The molecule has 0 amide bonds. The van der Waals surface area contributed by atoms with Crippen LogP contribution in [0.4, 0.5) is 0 Å². The van der Waals surface area contributed by atoms with Gasteiger partial charge in [-0.15, -0.1) is 11.3 Å². The first kappa shape index (κ1) is 31.5. The van der Waals surface area contributed by atoms with Crippen LogP contribution in [0.2, 0.25) is 0 Å². The van der Waals surface area contributed by atoms with Crippen LogP contribution >= 0.6 is 11.3 Å². The first-order valence-electron chi connectivity index (χ1n) is 18.6. The summed E-state index contributed by atoms with van der Waals surface area (Å²) < 4.78 is 5.26. The first-order valence-corrected chi connectivity index (χ1v) is 19.4. The van der Waals surface area contributed by atoms with Crippen LogP contribution in [0.15, 0.2) is 115 Å². The van der Waals surface area contributed by atoms with Gasteiger partial charge in [0, 0.05) is 52.8 Å². The van der Waals surface area contributed by atoms with E-state index in [0.717, 1.165) is 0 Å². The topological polar surface area (TPSA) is 4.93 Å². The number of nitrogens with zero attached hydrogens (tertiary/aromatic N) is 1. The summed E-state index contributed by atoms with van der Waals surface area (Å²) in [5, 5.41) is 13.4. The van der Waals surface area contributed by atoms with Crippen LogP contribution in [-0.2, 0) is 10.8 Å². The van der Waals surface area contributed by atoms with Crippen LogP contribution < -0.4 is 0 Å². The predicted molar refractivity (Wildman–Crippen MR) is 230 cm³/mol. The molecule has 1 nitrogen and oxygen atoms in total. The van der Waals surface area contributed by atoms with Crippen molar-refractivity contribution in [2.75, 3.05) is 0 Å². The number of aryl methyl sites for hydroxylation is 2. The Morgan fingerprint density at radius 1 is 0.500 bits per heavy atom. The van der Waals surface area contributed by atoms with Crippen molar-refractivity contribution in [2.24, 2.45) is 0 Å². The highest BCUT2D eigenvalue weighted by atomic mass is 32.1. The molecule has 0 aliphatic rings. The third-order valence-corrected chi connectivity index (χ3v) is 12.9. The monoisotopic (exact) mass is 689 g/mol. The maximum atomic E-state index is 2.55. The summed E-state index contributed by atoms with van der Waals surface area (Å²) in [5.41, 5.74) is 11.9. The number of para-hydroxylation sites is 1. The zero-order valence-corrected chi connectivity index (χ0v) is 32.1. The van der Waals surface area contributed by atoms with E-state index in [-0.39, 0.29) is 10.8 Å². The van der Waals surface area contributed by atoms with E-state index >= 15 is 0 Å². The number of rotatable bonds is 2. The summed E-state index contributed by atoms with van der Waals surface area (Å²) in [6, 6.07) is 44.4. The molecule has 0 unspecified atom stereocenters. The number of hydrogen-bond acceptors (Lipinski definition) is 1. The van der Waals surface area contributed by atoms with E-state index in [1.54, 1.807) is 0 Å². The van der Waals surface area contributed by atoms with E-state index in [1.807, 2.05) is 11.3 Å². The lowest BCUT2D eigenvalue weighted by atomic mass is 9.84.